The first kappa shape index (κ1) is 14.6. The Labute approximate surface area is 109 Å². The maximum absolute atomic E-state index is 5.21. The summed E-state index contributed by atoms with van der Waals surface area (Å²) in [6.07, 6.45) is 2.15. The molecule has 1 N–H and O–H groups in total. The smallest absolute Gasteiger partial charge is 0.0716 e. The minimum absolute atomic E-state index is 0.288. The number of rotatable bonds is 7. The molecule has 17 heavy (non-hydrogen) atoms. The summed E-state index contributed by atoms with van der Waals surface area (Å²) in [4.78, 5) is 0. The second kappa shape index (κ2) is 7.04. The van der Waals surface area contributed by atoms with Gasteiger partial charge in [-0.3, -0.25) is 0 Å². The lowest BCUT2D eigenvalue weighted by Crippen LogP contribution is -2.31. The van der Waals surface area contributed by atoms with Crippen LogP contribution in [0.4, 0.5) is 0 Å². The molecule has 0 spiro atoms. The van der Waals surface area contributed by atoms with Crippen LogP contribution in [-0.4, -0.2) is 24.7 Å². The van der Waals surface area contributed by atoms with E-state index in [9.17, 15) is 0 Å². The van der Waals surface area contributed by atoms with Crippen molar-refractivity contribution in [1.82, 2.24) is 5.32 Å². The van der Waals surface area contributed by atoms with E-state index in [1.54, 1.807) is 7.11 Å². The Hall–Kier alpha value is -0.510. The second-order valence-electron chi connectivity index (χ2n) is 4.77. The fourth-order valence-electron chi connectivity index (χ4n) is 1.60. The van der Waals surface area contributed by atoms with Gasteiger partial charge in [-0.2, -0.15) is 11.8 Å². The Morgan fingerprint density at radius 1 is 1.24 bits per heavy atom. The van der Waals surface area contributed by atoms with Crippen LogP contribution in [0.1, 0.15) is 25.0 Å². The molecule has 0 aromatic heterocycles. The molecule has 0 aliphatic heterocycles. The molecule has 0 unspecified atom stereocenters. The molecule has 0 aliphatic carbocycles. The Balaban J connectivity index is 2.51. The summed E-state index contributed by atoms with van der Waals surface area (Å²) >= 11 is 1.89. The molecule has 1 rings (SSSR count). The van der Waals surface area contributed by atoms with Gasteiger partial charge in [0, 0.05) is 24.9 Å². The number of nitrogens with one attached hydrogen (secondary N) is 1. The highest BCUT2D eigenvalue weighted by molar-refractivity contribution is 7.99. The van der Waals surface area contributed by atoms with Crippen LogP contribution in [0.3, 0.4) is 0 Å². The predicted molar refractivity (Wildman–Crippen MR) is 76.5 cm³/mol. The highest BCUT2D eigenvalue weighted by atomic mass is 32.2. The lowest BCUT2D eigenvalue weighted by atomic mass is 10.1. The van der Waals surface area contributed by atoms with E-state index in [4.69, 9.17) is 4.74 Å². The van der Waals surface area contributed by atoms with E-state index in [-0.39, 0.29) is 4.75 Å². The Morgan fingerprint density at radius 3 is 2.47 bits per heavy atom. The first-order chi connectivity index (χ1) is 8.09. The number of ether oxygens (including phenoxy) is 1. The topological polar surface area (TPSA) is 21.3 Å². The van der Waals surface area contributed by atoms with Crippen LogP contribution >= 0.6 is 11.8 Å². The quantitative estimate of drug-likeness (QED) is 0.807. The zero-order chi connectivity index (χ0) is 12.7. The Bertz CT molecular complexity index is 339. The third-order valence-corrected chi connectivity index (χ3v) is 4.09. The van der Waals surface area contributed by atoms with Crippen LogP contribution in [0.25, 0.3) is 0 Å². The molecule has 0 aliphatic rings. The standard InChI is InChI=1S/C14H23NOS/c1-14(2,17-4)11-15-9-12-7-5-6-8-13(12)10-16-3/h5-8,15H,9-11H2,1-4H3. The minimum atomic E-state index is 0.288. The SMILES string of the molecule is COCc1ccccc1CNCC(C)(C)SC. The van der Waals surface area contributed by atoms with Crippen molar-refractivity contribution in [2.45, 2.75) is 31.7 Å². The van der Waals surface area contributed by atoms with Crippen LogP contribution in [0, 0.1) is 0 Å². The van der Waals surface area contributed by atoms with Crippen molar-refractivity contribution in [3.05, 3.63) is 35.4 Å². The van der Waals surface area contributed by atoms with Crippen molar-refractivity contribution in [1.29, 1.82) is 0 Å². The lowest BCUT2D eigenvalue weighted by molar-refractivity contribution is 0.184. The van der Waals surface area contributed by atoms with Crippen molar-refractivity contribution in [3.8, 4) is 0 Å². The van der Waals surface area contributed by atoms with Crippen molar-refractivity contribution in [3.63, 3.8) is 0 Å². The molecule has 1 aromatic carbocycles. The van der Waals surface area contributed by atoms with E-state index >= 15 is 0 Å². The summed E-state index contributed by atoms with van der Waals surface area (Å²) in [5, 5.41) is 3.52. The van der Waals surface area contributed by atoms with Gasteiger partial charge in [-0.25, -0.2) is 0 Å². The van der Waals surface area contributed by atoms with Gasteiger partial charge in [0.25, 0.3) is 0 Å². The van der Waals surface area contributed by atoms with Crippen molar-refractivity contribution in [2.75, 3.05) is 19.9 Å². The fourth-order valence-corrected chi connectivity index (χ4v) is 1.84. The molecule has 0 saturated heterocycles. The predicted octanol–water partition coefficient (Wildman–Crippen LogP) is 3.06. The molecule has 0 bridgehead atoms. The molecule has 0 heterocycles. The average Bonchev–Trinajstić information content (AvgIpc) is 2.31. The van der Waals surface area contributed by atoms with Gasteiger partial charge in [-0.05, 0) is 31.2 Å². The zero-order valence-electron chi connectivity index (χ0n) is 11.2. The molecular weight excluding hydrogens is 230 g/mol. The highest BCUT2D eigenvalue weighted by Gasteiger charge is 2.14. The van der Waals surface area contributed by atoms with E-state index in [1.807, 2.05) is 11.8 Å². The Kier molecular flexibility index (Phi) is 6.03. The summed E-state index contributed by atoms with van der Waals surface area (Å²) in [6, 6.07) is 8.42. The van der Waals surface area contributed by atoms with Gasteiger partial charge >= 0.3 is 0 Å². The average molecular weight is 253 g/mol. The Morgan fingerprint density at radius 2 is 1.88 bits per heavy atom. The zero-order valence-corrected chi connectivity index (χ0v) is 12.1. The van der Waals surface area contributed by atoms with E-state index in [0.29, 0.717) is 6.61 Å². The minimum Gasteiger partial charge on any atom is -0.380 e. The van der Waals surface area contributed by atoms with Gasteiger partial charge in [0.05, 0.1) is 6.61 Å². The lowest BCUT2D eigenvalue weighted by Gasteiger charge is -2.22. The van der Waals surface area contributed by atoms with Gasteiger partial charge in [0.1, 0.15) is 0 Å². The molecule has 96 valence electrons. The van der Waals surface area contributed by atoms with Crippen LogP contribution in [0.2, 0.25) is 0 Å². The van der Waals surface area contributed by atoms with Crippen LogP contribution in [0.5, 0.6) is 0 Å². The summed E-state index contributed by atoms with van der Waals surface area (Å²) in [7, 11) is 1.74. The third kappa shape index (κ3) is 5.11. The molecule has 1 aromatic rings. The summed E-state index contributed by atoms with van der Waals surface area (Å²) in [6.45, 7) is 7.11. The fraction of sp³-hybridized carbons (Fsp3) is 0.571. The molecule has 3 heteroatoms. The van der Waals surface area contributed by atoms with Gasteiger partial charge in [-0.1, -0.05) is 24.3 Å². The number of methoxy groups -OCH3 is 1. The normalized spacial score (nSPS) is 11.8. The first-order valence-electron chi connectivity index (χ1n) is 5.90. The summed E-state index contributed by atoms with van der Waals surface area (Å²) < 4.78 is 5.49. The summed E-state index contributed by atoms with van der Waals surface area (Å²) in [5.41, 5.74) is 2.59. The maximum atomic E-state index is 5.21. The van der Waals surface area contributed by atoms with Crippen LogP contribution in [0.15, 0.2) is 24.3 Å². The van der Waals surface area contributed by atoms with Gasteiger partial charge in [0.15, 0.2) is 0 Å². The van der Waals surface area contributed by atoms with E-state index < -0.39 is 0 Å². The van der Waals surface area contributed by atoms with Gasteiger partial charge in [0.2, 0.25) is 0 Å². The van der Waals surface area contributed by atoms with Crippen molar-refractivity contribution in [2.24, 2.45) is 0 Å². The largest absolute Gasteiger partial charge is 0.380 e. The van der Waals surface area contributed by atoms with E-state index in [2.05, 4.69) is 49.7 Å². The third-order valence-electron chi connectivity index (χ3n) is 2.84. The molecule has 0 radical (unpaired) electrons. The maximum Gasteiger partial charge on any atom is 0.0716 e. The molecule has 0 saturated carbocycles. The molecule has 0 fully saturated rings. The molecule has 2 nitrogen and oxygen atoms in total. The highest BCUT2D eigenvalue weighted by Crippen LogP contribution is 2.20. The first-order valence-corrected chi connectivity index (χ1v) is 7.13. The number of thioether (sulfide) groups is 1. The van der Waals surface area contributed by atoms with E-state index in [0.717, 1.165) is 13.1 Å². The molecular formula is C14H23NOS. The summed E-state index contributed by atoms with van der Waals surface area (Å²) in [5.74, 6) is 0. The second-order valence-corrected chi connectivity index (χ2v) is 6.28. The monoisotopic (exact) mass is 253 g/mol. The molecule has 0 atom stereocenters. The number of benzene rings is 1. The van der Waals surface area contributed by atoms with E-state index in [1.165, 1.54) is 11.1 Å². The van der Waals surface area contributed by atoms with Gasteiger partial charge in [-0.15, -0.1) is 0 Å². The van der Waals surface area contributed by atoms with Crippen molar-refractivity contribution >= 4 is 11.8 Å². The van der Waals surface area contributed by atoms with Crippen LogP contribution in [-0.2, 0) is 17.9 Å². The van der Waals surface area contributed by atoms with Crippen molar-refractivity contribution < 1.29 is 4.74 Å². The number of hydrogen-bond acceptors (Lipinski definition) is 3. The molecule has 0 amide bonds. The number of hydrogen-bond donors (Lipinski definition) is 1. The van der Waals surface area contributed by atoms with Gasteiger partial charge < -0.3 is 10.1 Å². The van der Waals surface area contributed by atoms with Crippen LogP contribution < -0.4 is 5.32 Å².